The normalized spacial score (nSPS) is 12.5. The molecule has 0 bridgehead atoms. The van der Waals surface area contributed by atoms with Gasteiger partial charge in [0.1, 0.15) is 0 Å². The molecule has 0 spiro atoms. The highest BCUT2D eigenvalue weighted by atomic mass is 127. The highest BCUT2D eigenvalue weighted by molar-refractivity contribution is 14.0. The van der Waals surface area contributed by atoms with Gasteiger partial charge in [-0.15, -0.1) is 24.0 Å². The first-order chi connectivity index (χ1) is 11.5. The van der Waals surface area contributed by atoms with E-state index in [0.29, 0.717) is 12.6 Å². The third-order valence-corrected chi connectivity index (χ3v) is 3.83. The van der Waals surface area contributed by atoms with Crippen LogP contribution in [0.25, 0.3) is 0 Å². The van der Waals surface area contributed by atoms with E-state index in [1.54, 1.807) is 7.11 Å². The summed E-state index contributed by atoms with van der Waals surface area (Å²) in [6.07, 6.45) is 2.38. The molecule has 0 aliphatic carbocycles. The van der Waals surface area contributed by atoms with Crippen molar-refractivity contribution in [2.24, 2.45) is 10.9 Å². The first kappa shape index (κ1) is 24.0. The molecular formula is C19H35IN4O. The van der Waals surface area contributed by atoms with E-state index < -0.39 is 0 Å². The van der Waals surface area contributed by atoms with E-state index in [1.165, 1.54) is 12.0 Å². The summed E-state index contributed by atoms with van der Waals surface area (Å²) in [5.74, 6) is 1.59. The predicted octanol–water partition coefficient (Wildman–Crippen LogP) is 3.85. The van der Waals surface area contributed by atoms with Crippen LogP contribution in [0.3, 0.4) is 0 Å². The maximum atomic E-state index is 5.03. The smallest absolute Gasteiger partial charge is 0.191 e. The van der Waals surface area contributed by atoms with Gasteiger partial charge in [-0.1, -0.05) is 26.0 Å². The van der Waals surface area contributed by atoms with Crippen LogP contribution in [-0.4, -0.2) is 39.3 Å². The van der Waals surface area contributed by atoms with E-state index in [0.717, 1.165) is 37.1 Å². The van der Waals surface area contributed by atoms with Crippen molar-refractivity contribution >= 4 is 35.6 Å². The van der Waals surface area contributed by atoms with E-state index in [1.807, 2.05) is 7.05 Å². The second kappa shape index (κ2) is 14.2. The van der Waals surface area contributed by atoms with Crippen LogP contribution < -0.4 is 16.0 Å². The quantitative estimate of drug-likeness (QED) is 0.214. The zero-order valence-electron chi connectivity index (χ0n) is 16.3. The number of halogens is 1. The number of aliphatic imine (C=N–C) groups is 1. The number of nitrogens with zero attached hydrogens (tertiary/aromatic N) is 1. The molecule has 0 aromatic heterocycles. The van der Waals surface area contributed by atoms with Crippen molar-refractivity contribution in [1.82, 2.24) is 10.6 Å². The molecule has 25 heavy (non-hydrogen) atoms. The van der Waals surface area contributed by atoms with Crippen molar-refractivity contribution in [3.8, 4) is 0 Å². The Labute approximate surface area is 170 Å². The van der Waals surface area contributed by atoms with Gasteiger partial charge in [0.15, 0.2) is 5.96 Å². The Morgan fingerprint density at radius 1 is 1.12 bits per heavy atom. The highest BCUT2D eigenvalue weighted by Gasteiger charge is 2.06. The lowest BCUT2D eigenvalue weighted by molar-refractivity contribution is 0.211. The number of nitrogens with one attached hydrogen (secondary N) is 3. The largest absolute Gasteiger partial charge is 0.383 e. The summed E-state index contributed by atoms with van der Waals surface area (Å²) in [5, 5.41) is 10.1. The van der Waals surface area contributed by atoms with Crippen LogP contribution in [0.15, 0.2) is 29.3 Å². The lowest BCUT2D eigenvalue weighted by Crippen LogP contribution is -2.41. The van der Waals surface area contributed by atoms with E-state index in [-0.39, 0.29) is 24.0 Å². The lowest BCUT2D eigenvalue weighted by Gasteiger charge is -2.19. The summed E-state index contributed by atoms with van der Waals surface area (Å²) in [6, 6.07) is 8.85. The number of anilines is 1. The molecule has 0 heterocycles. The number of ether oxygens (including phenoxy) is 1. The fourth-order valence-corrected chi connectivity index (χ4v) is 2.31. The van der Waals surface area contributed by atoms with Gasteiger partial charge in [0.25, 0.3) is 0 Å². The van der Waals surface area contributed by atoms with Gasteiger partial charge in [0, 0.05) is 39.0 Å². The van der Waals surface area contributed by atoms with Crippen molar-refractivity contribution in [3.63, 3.8) is 0 Å². The Morgan fingerprint density at radius 2 is 1.80 bits per heavy atom. The molecular weight excluding hydrogens is 427 g/mol. The summed E-state index contributed by atoms with van der Waals surface area (Å²) < 4.78 is 5.03. The van der Waals surface area contributed by atoms with Crippen LogP contribution in [0, 0.1) is 5.92 Å². The zero-order chi connectivity index (χ0) is 17.8. The summed E-state index contributed by atoms with van der Waals surface area (Å²) in [6.45, 7) is 9.00. The second-order valence-electron chi connectivity index (χ2n) is 6.56. The SMILES string of the molecule is CN=C(NCc1ccc(NCCOC)cc1)NC(C)CCC(C)C.I. The number of guanidine groups is 1. The van der Waals surface area contributed by atoms with E-state index in [2.05, 4.69) is 66.0 Å². The first-order valence-corrected chi connectivity index (χ1v) is 8.84. The molecule has 6 heteroatoms. The number of methoxy groups -OCH3 is 1. The Kier molecular flexibility index (Phi) is 13.6. The average molecular weight is 462 g/mol. The molecule has 3 N–H and O–H groups in total. The van der Waals surface area contributed by atoms with Gasteiger partial charge >= 0.3 is 0 Å². The van der Waals surface area contributed by atoms with Crippen LogP contribution in [-0.2, 0) is 11.3 Å². The fourth-order valence-electron chi connectivity index (χ4n) is 2.31. The first-order valence-electron chi connectivity index (χ1n) is 8.84. The van der Waals surface area contributed by atoms with Gasteiger partial charge in [-0.2, -0.15) is 0 Å². The van der Waals surface area contributed by atoms with Gasteiger partial charge in [-0.05, 0) is 43.4 Å². The molecule has 1 unspecified atom stereocenters. The Balaban J connectivity index is 0.00000576. The molecule has 144 valence electrons. The monoisotopic (exact) mass is 462 g/mol. The van der Waals surface area contributed by atoms with Crippen molar-refractivity contribution in [2.75, 3.05) is 32.6 Å². The second-order valence-corrected chi connectivity index (χ2v) is 6.56. The maximum Gasteiger partial charge on any atom is 0.191 e. The standard InChI is InChI=1S/C19H34N4O.HI/c1-15(2)6-7-16(3)23-19(20-4)22-14-17-8-10-18(11-9-17)21-12-13-24-5;/h8-11,15-16,21H,6-7,12-14H2,1-5H3,(H2,20,22,23);1H. The van der Waals surface area contributed by atoms with E-state index in [9.17, 15) is 0 Å². The number of hydrogen-bond acceptors (Lipinski definition) is 3. The molecule has 0 aliphatic rings. The molecule has 0 radical (unpaired) electrons. The summed E-state index contributed by atoms with van der Waals surface area (Å²) in [7, 11) is 3.52. The molecule has 0 aliphatic heterocycles. The fraction of sp³-hybridized carbons (Fsp3) is 0.632. The van der Waals surface area contributed by atoms with Crippen molar-refractivity contribution < 1.29 is 4.74 Å². The van der Waals surface area contributed by atoms with Crippen LogP contribution in [0.5, 0.6) is 0 Å². The average Bonchev–Trinajstić information content (AvgIpc) is 2.58. The van der Waals surface area contributed by atoms with Gasteiger partial charge in [0.2, 0.25) is 0 Å². The van der Waals surface area contributed by atoms with Crippen molar-refractivity contribution in [3.05, 3.63) is 29.8 Å². The van der Waals surface area contributed by atoms with Gasteiger partial charge in [-0.3, -0.25) is 4.99 Å². The van der Waals surface area contributed by atoms with Crippen LogP contribution in [0.4, 0.5) is 5.69 Å². The third kappa shape index (κ3) is 11.3. The Hall–Kier alpha value is -1.02. The summed E-state index contributed by atoms with van der Waals surface area (Å²) in [5.41, 5.74) is 2.34. The summed E-state index contributed by atoms with van der Waals surface area (Å²) in [4.78, 5) is 4.31. The molecule has 1 rings (SSSR count). The Morgan fingerprint density at radius 3 is 2.36 bits per heavy atom. The molecule has 0 amide bonds. The molecule has 1 aromatic carbocycles. The van der Waals surface area contributed by atoms with Crippen LogP contribution in [0.2, 0.25) is 0 Å². The zero-order valence-corrected chi connectivity index (χ0v) is 18.6. The van der Waals surface area contributed by atoms with Gasteiger partial charge in [-0.25, -0.2) is 0 Å². The molecule has 1 atom stereocenters. The van der Waals surface area contributed by atoms with Gasteiger partial charge < -0.3 is 20.7 Å². The molecule has 1 aromatic rings. The molecule has 0 fully saturated rings. The van der Waals surface area contributed by atoms with E-state index in [4.69, 9.17) is 4.74 Å². The van der Waals surface area contributed by atoms with Gasteiger partial charge in [0.05, 0.1) is 6.61 Å². The van der Waals surface area contributed by atoms with Crippen molar-refractivity contribution in [1.29, 1.82) is 0 Å². The summed E-state index contributed by atoms with van der Waals surface area (Å²) >= 11 is 0. The van der Waals surface area contributed by atoms with Crippen LogP contribution >= 0.6 is 24.0 Å². The van der Waals surface area contributed by atoms with Crippen LogP contribution in [0.1, 0.15) is 39.2 Å². The molecule has 0 saturated heterocycles. The third-order valence-electron chi connectivity index (χ3n) is 3.83. The number of benzene rings is 1. The highest BCUT2D eigenvalue weighted by Crippen LogP contribution is 2.09. The molecule has 0 saturated carbocycles. The minimum Gasteiger partial charge on any atom is -0.383 e. The number of rotatable bonds is 10. The predicted molar refractivity (Wildman–Crippen MR) is 119 cm³/mol. The molecule has 5 nitrogen and oxygen atoms in total. The number of hydrogen-bond donors (Lipinski definition) is 3. The maximum absolute atomic E-state index is 5.03. The lowest BCUT2D eigenvalue weighted by atomic mass is 10.0. The van der Waals surface area contributed by atoms with Crippen molar-refractivity contribution in [2.45, 2.75) is 46.2 Å². The minimum absolute atomic E-state index is 0. The van der Waals surface area contributed by atoms with E-state index >= 15 is 0 Å². The topological polar surface area (TPSA) is 57.7 Å². The Bertz CT molecular complexity index is 477. The minimum atomic E-state index is 0.